The first-order valence-electron chi connectivity index (χ1n) is 7.03. The van der Waals surface area contributed by atoms with Gasteiger partial charge in [0.1, 0.15) is 6.61 Å². The fourth-order valence-corrected chi connectivity index (χ4v) is 2.49. The summed E-state index contributed by atoms with van der Waals surface area (Å²) in [4.78, 5) is 0. The maximum Gasteiger partial charge on any atom is 0.175 e. The van der Waals surface area contributed by atoms with Gasteiger partial charge in [0.05, 0.1) is 11.6 Å². The largest absolute Gasteiger partial charge is 0.493 e. The maximum absolute atomic E-state index is 5.61. The minimum absolute atomic E-state index is 0. The van der Waals surface area contributed by atoms with Crippen LogP contribution in [0.25, 0.3) is 0 Å². The quantitative estimate of drug-likeness (QED) is 0.472. The smallest absolute Gasteiger partial charge is 0.175 e. The van der Waals surface area contributed by atoms with E-state index in [4.69, 9.17) is 9.47 Å². The number of halogens is 2. The third kappa shape index (κ3) is 7.21. The topological polar surface area (TPSA) is 30.5 Å². The number of hydrogen-bond donors (Lipinski definition) is 1. The van der Waals surface area contributed by atoms with Crippen LogP contribution in [0.5, 0.6) is 11.5 Å². The second-order valence-corrected chi connectivity index (χ2v) is 5.45. The number of ether oxygens (including phenoxy) is 2. The first kappa shape index (κ1) is 20.3. The van der Waals surface area contributed by atoms with E-state index in [0.717, 1.165) is 29.1 Å². The van der Waals surface area contributed by atoms with Crippen LogP contribution in [0.2, 0.25) is 0 Å². The zero-order valence-corrected chi connectivity index (χ0v) is 15.2. The highest BCUT2D eigenvalue weighted by atomic mass is 79.9. The van der Waals surface area contributed by atoms with Gasteiger partial charge < -0.3 is 14.8 Å². The van der Waals surface area contributed by atoms with Gasteiger partial charge in [-0.2, -0.15) is 0 Å². The van der Waals surface area contributed by atoms with Crippen LogP contribution in [0.15, 0.2) is 29.3 Å². The Morgan fingerprint density at radius 2 is 2.10 bits per heavy atom. The Hall–Kier alpha value is -0.710. The lowest BCUT2D eigenvalue weighted by molar-refractivity contribution is 0.324. The molecule has 0 amide bonds. The molecule has 0 unspecified atom stereocenters. The molecule has 0 saturated heterocycles. The molecule has 5 heteroatoms. The lowest BCUT2D eigenvalue weighted by Gasteiger charge is -2.14. The van der Waals surface area contributed by atoms with Crippen molar-refractivity contribution in [2.45, 2.75) is 32.7 Å². The minimum Gasteiger partial charge on any atom is -0.493 e. The summed E-state index contributed by atoms with van der Waals surface area (Å²) < 4.78 is 11.9. The monoisotopic (exact) mass is 377 g/mol. The van der Waals surface area contributed by atoms with Gasteiger partial charge in [0.2, 0.25) is 0 Å². The zero-order chi connectivity index (χ0) is 14.8. The second kappa shape index (κ2) is 11.9. The molecule has 0 aliphatic heterocycles. The molecule has 0 aliphatic rings. The fourth-order valence-electron chi connectivity index (χ4n) is 1.89. The van der Waals surface area contributed by atoms with Gasteiger partial charge in [-0.1, -0.05) is 32.4 Å². The van der Waals surface area contributed by atoms with Crippen LogP contribution in [0.4, 0.5) is 0 Å². The molecular formula is C16H25BrClNO2. The summed E-state index contributed by atoms with van der Waals surface area (Å²) in [6.07, 6.45) is 5.45. The Bertz CT molecular complexity index is 427. The standard InChI is InChI=1S/C16H24BrNO2.ClH/c1-4-6-7-8-18-12-13-10-14(17)16(20-9-5-2)15(11-13)19-3;/h5,10-11,18H,2,4,6-9,12H2,1,3H3;1H. The minimum atomic E-state index is 0. The van der Waals surface area contributed by atoms with Gasteiger partial charge >= 0.3 is 0 Å². The summed E-state index contributed by atoms with van der Waals surface area (Å²) in [6, 6.07) is 4.07. The molecular weight excluding hydrogens is 354 g/mol. The van der Waals surface area contributed by atoms with Crippen molar-refractivity contribution in [3.8, 4) is 11.5 Å². The molecule has 0 bridgehead atoms. The number of benzene rings is 1. The molecule has 1 N–H and O–H groups in total. The van der Waals surface area contributed by atoms with Gasteiger partial charge in [-0.15, -0.1) is 12.4 Å². The second-order valence-electron chi connectivity index (χ2n) is 4.59. The normalized spacial score (nSPS) is 9.86. The first-order chi connectivity index (χ1) is 9.72. The Kier molecular flexibility index (Phi) is 11.5. The van der Waals surface area contributed by atoms with E-state index in [0.29, 0.717) is 6.61 Å². The van der Waals surface area contributed by atoms with E-state index in [1.54, 1.807) is 13.2 Å². The van der Waals surface area contributed by atoms with Crippen LogP contribution in [0, 0.1) is 0 Å². The molecule has 0 aliphatic carbocycles. The average molecular weight is 379 g/mol. The van der Waals surface area contributed by atoms with Crippen LogP contribution < -0.4 is 14.8 Å². The fraction of sp³-hybridized carbons (Fsp3) is 0.500. The van der Waals surface area contributed by atoms with Gasteiger partial charge in [0, 0.05) is 6.54 Å². The summed E-state index contributed by atoms with van der Waals surface area (Å²) in [5, 5.41) is 3.44. The lowest BCUT2D eigenvalue weighted by Crippen LogP contribution is -2.14. The molecule has 0 radical (unpaired) electrons. The molecule has 0 spiro atoms. The highest BCUT2D eigenvalue weighted by Gasteiger charge is 2.11. The molecule has 1 aromatic carbocycles. The number of methoxy groups -OCH3 is 1. The van der Waals surface area contributed by atoms with Crippen molar-refractivity contribution in [3.63, 3.8) is 0 Å². The van der Waals surface area contributed by atoms with Crippen molar-refractivity contribution >= 4 is 28.3 Å². The molecule has 1 rings (SSSR count). The van der Waals surface area contributed by atoms with Crippen molar-refractivity contribution in [1.82, 2.24) is 5.32 Å². The molecule has 120 valence electrons. The van der Waals surface area contributed by atoms with Crippen molar-refractivity contribution in [2.75, 3.05) is 20.3 Å². The molecule has 0 fully saturated rings. The molecule has 1 aromatic rings. The van der Waals surface area contributed by atoms with Gasteiger partial charge in [-0.05, 0) is 46.6 Å². The molecule has 0 heterocycles. The third-order valence-electron chi connectivity index (χ3n) is 2.92. The predicted octanol–water partition coefficient (Wildman–Crippen LogP) is 4.72. The summed E-state index contributed by atoms with van der Waals surface area (Å²) in [6.45, 7) is 8.20. The summed E-state index contributed by atoms with van der Waals surface area (Å²) in [5.74, 6) is 1.47. The highest BCUT2D eigenvalue weighted by molar-refractivity contribution is 9.10. The van der Waals surface area contributed by atoms with E-state index in [2.05, 4.69) is 40.8 Å². The molecule has 21 heavy (non-hydrogen) atoms. The summed E-state index contributed by atoms with van der Waals surface area (Å²) >= 11 is 3.54. The van der Waals surface area contributed by atoms with E-state index in [9.17, 15) is 0 Å². The van der Waals surface area contributed by atoms with Crippen molar-refractivity contribution in [2.24, 2.45) is 0 Å². The molecule has 0 atom stereocenters. The predicted molar refractivity (Wildman–Crippen MR) is 94.9 cm³/mol. The van der Waals surface area contributed by atoms with Crippen molar-refractivity contribution < 1.29 is 9.47 Å². The maximum atomic E-state index is 5.61. The number of hydrogen-bond acceptors (Lipinski definition) is 3. The molecule has 0 aromatic heterocycles. The van der Waals surface area contributed by atoms with Gasteiger partial charge in [-0.25, -0.2) is 0 Å². The lowest BCUT2D eigenvalue weighted by atomic mass is 10.2. The third-order valence-corrected chi connectivity index (χ3v) is 3.51. The molecule has 0 saturated carbocycles. The van der Waals surface area contributed by atoms with Crippen molar-refractivity contribution in [1.29, 1.82) is 0 Å². The van der Waals surface area contributed by atoms with Crippen molar-refractivity contribution in [3.05, 3.63) is 34.8 Å². The Morgan fingerprint density at radius 1 is 1.33 bits per heavy atom. The number of rotatable bonds is 10. The molecule has 3 nitrogen and oxygen atoms in total. The Labute approximate surface area is 142 Å². The number of nitrogens with one attached hydrogen (secondary N) is 1. The zero-order valence-electron chi connectivity index (χ0n) is 12.8. The number of unbranched alkanes of at least 4 members (excludes halogenated alkanes) is 2. The first-order valence-corrected chi connectivity index (χ1v) is 7.83. The van der Waals surface area contributed by atoms with Crippen LogP contribution in [0.1, 0.15) is 31.7 Å². The van der Waals surface area contributed by atoms with Crippen LogP contribution in [-0.2, 0) is 6.54 Å². The van der Waals surface area contributed by atoms with Gasteiger partial charge in [-0.3, -0.25) is 0 Å². The highest BCUT2D eigenvalue weighted by Crippen LogP contribution is 2.36. The Morgan fingerprint density at radius 3 is 2.71 bits per heavy atom. The summed E-state index contributed by atoms with van der Waals surface area (Å²) in [5.41, 5.74) is 1.18. The average Bonchev–Trinajstić information content (AvgIpc) is 2.45. The van der Waals surface area contributed by atoms with E-state index in [1.165, 1.54) is 24.8 Å². The van der Waals surface area contributed by atoms with E-state index in [1.807, 2.05) is 6.07 Å². The van der Waals surface area contributed by atoms with E-state index < -0.39 is 0 Å². The summed E-state index contributed by atoms with van der Waals surface area (Å²) in [7, 11) is 1.65. The Balaban J connectivity index is 0.00000400. The van der Waals surface area contributed by atoms with Crippen LogP contribution >= 0.6 is 28.3 Å². The SMILES string of the molecule is C=CCOc1c(Br)cc(CNCCCCC)cc1OC.Cl. The van der Waals surface area contributed by atoms with E-state index >= 15 is 0 Å². The van der Waals surface area contributed by atoms with Gasteiger partial charge in [0.25, 0.3) is 0 Å². The van der Waals surface area contributed by atoms with Crippen LogP contribution in [0.3, 0.4) is 0 Å². The van der Waals surface area contributed by atoms with Crippen LogP contribution in [-0.4, -0.2) is 20.3 Å². The van der Waals surface area contributed by atoms with E-state index in [-0.39, 0.29) is 12.4 Å². The van der Waals surface area contributed by atoms with Gasteiger partial charge in [0.15, 0.2) is 11.5 Å².